The van der Waals surface area contributed by atoms with Crippen molar-refractivity contribution < 1.29 is 9.53 Å². The SMILES string of the molecule is Cc1c(C(=O)Oc2ccc(-n3cnnn3)cc2)sc2ccccc12. The van der Waals surface area contributed by atoms with Crippen molar-refractivity contribution >= 4 is 27.4 Å². The van der Waals surface area contributed by atoms with Gasteiger partial charge < -0.3 is 4.74 Å². The maximum absolute atomic E-state index is 12.5. The van der Waals surface area contributed by atoms with E-state index in [0.717, 1.165) is 21.3 Å². The summed E-state index contributed by atoms with van der Waals surface area (Å²) in [7, 11) is 0. The van der Waals surface area contributed by atoms with Crippen LogP contribution in [0.2, 0.25) is 0 Å². The third kappa shape index (κ3) is 2.55. The number of tetrazole rings is 1. The van der Waals surface area contributed by atoms with E-state index in [9.17, 15) is 4.79 Å². The second kappa shape index (κ2) is 5.86. The molecule has 4 rings (SSSR count). The summed E-state index contributed by atoms with van der Waals surface area (Å²) < 4.78 is 8.10. The predicted molar refractivity (Wildman–Crippen MR) is 90.7 cm³/mol. The lowest BCUT2D eigenvalue weighted by Crippen LogP contribution is -2.08. The summed E-state index contributed by atoms with van der Waals surface area (Å²) in [6, 6.07) is 15.0. The van der Waals surface area contributed by atoms with Crippen LogP contribution in [-0.2, 0) is 0 Å². The van der Waals surface area contributed by atoms with Gasteiger partial charge in [0, 0.05) is 4.70 Å². The summed E-state index contributed by atoms with van der Waals surface area (Å²) in [5.74, 6) is 0.137. The molecule has 0 unspecified atom stereocenters. The number of fused-ring (bicyclic) bond motifs is 1. The number of esters is 1. The van der Waals surface area contributed by atoms with Crippen LogP contribution in [-0.4, -0.2) is 26.2 Å². The van der Waals surface area contributed by atoms with Gasteiger partial charge in [-0.25, -0.2) is 9.48 Å². The van der Waals surface area contributed by atoms with Crippen LogP contribution in [0.4, 0.5) is 0 Å². The van der Waals surface area contributed by atoms with Crippen molar-refractivity contribution in [3.8, 4) is 11.4 Å². The van der Waals surface area contributed by atoms with Crippen LogP contribution in [0.1, 0.15) is 15.2 Å². The summed E-state index contributed by atoms with van der Waals surface area (Å²) in [6.07, 6.45) is 1.50. The highest BCUT2D eigenvalue weighted by molar-refractivity contribution is 7.21. The van der Waals surface area contributed by atoms with Gasteiger partial charge in [0.25, 0.3) is 0 Å². The minimum atomic E-state index is -0.344. The van der Waals surface area contributed by atoms with E-state index in [1.165, 1.54) is 22.3 Å². The summed E-state index contributed by atoms with van der Waals surface area (Å²) >= 11 is 1.45. The van der Waals surface area contributed by atoms with Crippen LogP contribution in [0.5, 0.6) is 5.75 Å². The lowest BCUT2D eigenvalue weighted by atomic mass is 10.1. The van der Waals surface area contributed by atoms with Gasteiger partial charge in [-0.15, -0.1) is 16.4 Å². The molecule has 0 bridgehead atoms. The Bertz CT molecular complexity index is 1010. The first kappa shape index (κ1) is 14.5. The first-order chi connectivity index (χ1) is 11.7. The van der Waals surface area contributed by atoms with Crippen LogP contribution in [0.15, 0.2) is 54.9 Å². The number of hydrogen-bond acceptors (Lipinski definition) is 6. The van der Waals surface area contributed by atoms with Gasteiger partial charge in [0.05, 0.1) is 5.69 Å². The van der Waals surface area contributed by atoms with Crippen LogP contribution < -0.4 is 4.74 Å². The molecule has 0 saturated carbocycles. The molecule has 0 saturated heterocycles. The van der Waals surface area contributed by atoms with Gasteiger partial charge in [-0.3, -0.25) is 0 Å². The Morgan fingerprint density at radius 2 is 1.92 bits per heavy atom. The van der Waals surface area contributed by atoms with Crippen LogP contribution in [0, 0.1) is 6.92 Å². The molecule has 2 aromatic heterocycles. The third-order valence-electron chi connectivity index (χ3n) is 3.69. The monoisotopic (exact) mass is 336 g/mol. The van der Waals surface area contributed by atoms with E-state index in [1.807, 2.05) is 31.2 Å². The summed E-state index contributed by atoms with van der Waals surface area (Å²) in [5, 5.41) is 12.1. The zero-order valence-corrected chi connectivity index (χ0v) is 13.5. The number of ether oxygens (including phenoxy) is 1. The lowest BCUT2D eigenvalue weighted by molar-refractivity contribution is 0.0739. The second-order valence-electron chi connectivity index (χ2n) is 5.19. The normalized spacial score (nSPS) is 10.9. The van der Waals surface area contributed by atoms with Gasteiger partial charge in [-0.1, -0.05) is 18.2 Å². The number of thiophene rings is 1. The van der Waals surface area contributed by atoms with Gasteiger partial charge in [-0.05, 0) is 58.6 Å². The third-order valence-corrected chi connectivity index (χ3v) is 4.94. The van der Waals surface area contributed by atoms with Crippen LogP contribution in [0.3, 0.4) is 0 Å². The molecule has 0 aliphatic carbocycles. The number of nitrogens with zero attached hydrogens (tertiary/aromatic N) is 4. The molecular formula is C17H12N4O2S. The summed E-state index contributed by atoms with van der Waals surface area (Å²) in [4.78, 5) is 13.1. The molecule has 6 nitrogen and oxygen atoms in total. The second-order valence-corrected chi connectivity index (χ2v) is 6.24. The molecule has 0 aliphatic heterocycles. The van der Waals surface area contributed by atoms with E-state index in [1.54, 1.807) is 24.3 Å². The molecule has 118 valence electrons. The zero-order valence-electron chi connectivity index (χ0n) is 12.7. The van der Waals surface area contributed by atoms with Gasteiger partial charge in [0.2, 0.25) is 0 Å². The molecule has 2 heterocycles. The molecule has 0 spiro atoms. The number of aromatic nitrogens is 4. The highest BCUT2D eigenvalue weighted by atomic mass is 32.1. The van der Waals surface area contributed by atoms with Crippen LogP contribution in [0.25, 0.3) is 15.8 Å². The van der Waals surface area contributed by atoms with Crippen molar-refractivity contribution in [3.63, 3.8) is 0 Å². The molecule has 0 amide bonds. The summed E-state index contributed by atoms with van der Waals surface area (Å²) in [5.41, 5.74) is 1.74. The highest BCUT2D eigenvalue weighted by Crippen LogP contribution is 2.31. The molecule has 0 aliphatic rings. The van der Waals surface area contributed by atoms with Crippen molar-refractivity contribution in [1.29, 1.82) is 0 Å². The van der Waals surface area contributed by atoms with Gasteiger partial charge in [0.15, 0.2) is 0 Å². The standard InChI is InChI=1S/C17H12N4O2S/c1-11-14-4-2-3-5-15(14)24-16(11)17(22)23-13-8-6-12(7-9-13)21-10-18-19-20-21/h2-10H,1H3. The molecule has 0 atom stereocenters. The van der Waals surface area contributed by atoms with Crippen LogP contribution >= 0.6 is 11.3 Å². The number of aryl methyl sites for hydroxylation is 1. The molecule has 24 heavy (non-hydrogen) atoms. The topological polar surface area (TPSA) is 69.9 Å². The largest absolute Gasteiger partial charge is 0.422 e. The molecule has 4 aromatic rings. The first-order valence-electron chi connectivity index (χ1n) is 7.26. The lowest BCUT2D eigenvalue weighted by Gasteiger charge is -2.05. The van der Waals surface area contributed by atoms with E-state index >= 15 is 0 Å². The smallest absolute Gasteiger partial charge is 0.354 e. The fourth-order valence-corrected chi connectivity index (χ4v) is 3.55. The van der Waals surface area contributed by atoms with Crippen molar-refractivity contribution in [2.75, 3.05) is 0 Å². The minimum absolute atomic E-state index is 0.344. The molecule has 7 heteroatoms. The molecule has 0 fully saturated rings. The van der Waals surface area contributed by atoms with Gasteiger partial charge in [0.1, 0.15) is 17.0 Å². The number of benzene rings is 2. The number of carbonyl (C=O) groups excluding carboxylic acids is 1. The average molecular weight is 336 g/mol. The van der Waals surface area contributed by atoms with E-state index in [2.05, 4.69) is 15.5 Å². The molecule has 0 N–H and O–H groups in total. The van der Waals surface area contributed by atoms with Crippen molar-refractivity contribution in [2.24, 2.45) is 0 Å². The van der Waals surface area contributed by atoms with Crippen molar-refractivity contribution in [3.05, 3.63) is 65.3 Å². The summed E-state index contributed by atoms with van der Waals surface area (Å²) in [6.45, 7) is 1.94. The number of rotatable bonds is 3. The predicted octanol–water partition coefficient (Wildman–Crippen LogP) is 3.40. The first-order valence-corrected chi connectivity index (χ1v) is 8.08. The number of hydrogen-bond donors (Lipinski definition) is 0. The quantitative estimate of drug-likeness (QED) is 0.423. The maximum atomic E-state index is 12.5. The molecular weight excluding hydrogens is 324 g/mol. The van der Waals surface area contributed by atoms with Crippen molar-refractivity contribution in [1.82, 2.24) is 20.2 Å². The molecule has 0 radical (unpaired) electrons. The average Bonchev–Trinajstić information content (AvgIpc) is 3.24. The van der Waals surface area contributed by atoms with E-state index in [4.69, 9.17) is 4.74 Å². The Balaban J connectivity index is 1.58. The fourth-order valence-electron chi connectivity index (χ4n) is 2.47. The van der Waals surface area contributed by atoms with E-state index in [-0.39, 0.29) is 5.97 Å². The molecule has 2 aromatic carbocycles. The highest BCUT2D eigenvalue weighted by Gasteiger charge is 2.17. The minimum Gasteiger partial charge on any atom is -0.422 e. The van der Waals surface area contributed by atoms with E-state index in [0.29, 0.717) is 10.6 Å². The van der Waals surface area contributed by atoms with E-state index < -0.39 is 0 Å². The Hall–Kier alpha value is -3.06. The van der Waals surface area contributed by atoms with Gasteiger partial charge >= 0.3 is 5.97 Å². The Labute approximate surface area is 141 Å². The Morgan fingerprint density at radius 1 is 1.12 bits per heavy atom. The fraction of sp³-hybridized carbons (Fsp3) is 0.0588. The maximum Gasteiger partial charge on any atom is 0.354 e. The Kier molecular flexibility index (Phi) is 3.55. The zero-order chi connectivity index (χ0) is 16.5. The van der Waals surface area contributed by atoms with Gasteiger partial charge in [-0.2, -0.15) is 0 Å². The number of carbonyl (C=O) groups is 1. The Morgan fingerprint density at radius 3 is 2.62 bits per heavy atom. The van der Waals surface area contributed by atoms with Crippen molar-refractivity contribution in [2.45, 2.75) is 6.92 Å².